The van der Waals surface area contributed by atoms with Crippen LogP contribution < -0.4 is 10.9 Å². The highest BCUT2D eigenvalue weighted by Gasteiger charge is 2.05. The zero-order chi connectivity index (χ0) is 16.9. The van der Waals surface area contributed by atoms with Gasteiger partial charge in [0.05, 0.1) is 5.69 Å². The molecule has 2 heterocycles. The molecule has 0 unspecified atom stereocenters. The number of benzene rings is 1. The fraction of sp³-hybridized carbons (Fsp3) is 0.333. The quantitative estimate of drug-likeness (QED) is 0.614. The maximum Gasteiger partial charge on any atom is 0.252 e. The molecule has 1 aromatic carbocycles. The van der Waals surface area contributed by atoms with Crippen molar-refractivity contribution in [2.24, 2.45) is 0 Å². The SMILES string of the molecule is CC(C)SCc1cc(=O)[nH]c(NCCc2c[nH]c3ccccc23)n1. The highest BCUT2D eigenvalue weighted by molar-refractivity contribution is 7.99. The molecule has 3 N–H and O–H groups in total. The number of aromatic nitrogens is 3. The van der Waals surface area contributed by atoms with Gasteiger partial charge in [0.2, 0.25) is 5.95 Å². The fourth-order valence-corrected chi connectivity index (χ4v) is 3.22. The molecule has 0 amide bonds. The number of para-hydroxylation sites is 1. The van der Waals surface area contributed by atoms with E-state index in [9.17, 15) is 4.79 Å². The summed E-state index contributed by atoms with van der Waals surface area (Å²) in [6.45, 7) is 4.99. The average Bonchev–Trinajstić information content (AvgIpc) is 2.96. The van der Waals surface area contributed by atoms with Crippen LogP contribution in [0.1, 0.15) is 25.1 Å². The molecule has 0 aliphatic heterocycles. The van der Waals surface area contributed by atoms with E-state index in [2.05, 4.69) is 46.2 Å². The van der Waals surface area contributed by atoms with Crippen molar-refractivity contribution in [3.8, 4) is 0 Å². The summed E-state index contributed by atoms with van der Waals surface area (Å²) in [6, 6.07) is 9.82. The third kappa shape index (κ3) is 4.20. The van der Waals surface area contributed by atoms with E-state index in [1.165, 1.54) is 10.9 Å². The van der Waals surface area contributed by atoms with Crippen LogP contribution in [0.25, 0.3) is 10.9 Å². The van der Waals surface area contributed by atoms with E-state index in [4.69, 9.17) is 0 Å². The van der Waals surface area contributed by atoms with Crippen LogP contribution in [0, 0.1) is 0 Å². The molecule has 126 valence electrons. The first-order valence-corrected chi connectivity index (χ1v) is 9.17. The minimum Gasteiger partial charge on any atom is -0.361 e. The normalized spacial score (nSPS) is 11.3. The van der Waals surface area contributed by atoms with Gasteiger partial charge in [0.1, 0.15) is 0 Å². The summed E-state index contributed by atoms with van der Waals surface area (Å²) >= 11 is 1.78. The molecule has 3 aromatic rings. The van der Waals surface area contributed by atoms with Crippen LogP contribution in [-0.2, 0) is 12.2 Å². The summed E-state index contributed by atoms with van der Waals surface area (Å²) in [5.74, 6) is 1.29. The minimum absolute atomic E-state index is 0.112. The van der Waals surface area contributed by atoms with E-state index in [1.54, 1.807) is 17.8 Å². The molecule has 0 bridgehead atoms. The number of nitrogens with zero attached hydrogens (tertiary/aromatic N) is 1. The predicted molar refractivity (Wildman–Crippen MR) is 102 cm³/mol. The van der Waals surface area contributed by atoms with Crippen molar-refractivity contribution in [1.82, 2.24) is 15.0 Å². The molecule has 5 nitrogen and oxygen atoms in total. The van der Waals surface area contributed by atoms with Crippen molar-refractivity contribution in [2.45, 2.75) is 31.3 Å². The summed E-state index contributed by atoms with van der Waals surface area (Å²) in [6.07, 6.45) is 2.90. The van der Waals surface area contributed by atoms with Crippen molar-refractivity contribution in [3.05, 3.63) is 58.1 Å². The van der Waals surface area contributed by atoms with E-state index >= 15 is 0 Å². The second-order valence-electron chi connectivity index (χ2n) is 5.98. The molecule has 0 aliphatic rings. The third-order valence-corrected chi connectivity index (χ3v) is 4.85. The van der Waals surface area contributed by atoms with Crippen molar-refractivity contribution in [1.29, 1.82) is 0 Å². The zero-order valence-corrected chi connectivity index (χ0v) is 14.7. The monoisotopic (exact) mass is 342 g/mol. The van der Waals surface area contributed by atoms with Gasteiger partial charge in [0, 0.05) is 35.5 Å². The van der Waals surface area contributed by atoms with Gasteiger partial charge in [0.25, 0.3) is 5.56 Å². The number of anilines is 1. The van der Waals surface area contributed by atoms with E-state index < -0.39 is 0 Å². The number of rotatable bonds is 7. The first kappa shape index (κ1) is 16.6. The summed E-state index contributed by atoms with van der Waals surface area (Å²) in [7, 11) is 0. The molecule has 3 rings (SSSR count). The van der Waals surface area contributed by atoms with Gasteiger partial charge in [-0.05, 0) is 23.3 Å². The van der Waals surface area contributed by atoms with Crippen LogP contribution in [0.3, 0.4) is 0 Å². The summed E-state index contributed by atoms with van der Waals surface area (Å²) in [5.41, 5.74) is 3.10. The Hall–Kier alpha value is -2.21. The van der Waals surface area contributed by atoms with Crippen LogP contribution >= 0.6 is 11.8 Å². The Balaban J connectivity index is 1.63. The first-order chi connectivity index (χ1) is 11.6. The molecular formula is C18H22N4OS. The lowest BCUT2D eigenvalue weighted by Gasteiger charge is -2.08. The Kier molecular flexibility index (Phi) is 5.25. The molecule has 0 saturated carbocycles. The van der Waals surface area contributed by atoms with Crippen molar-refractivity contribution >= 4 is 28.6 Å². The van der Waals surface area contributed by atoms with Gasteiger partial charge in [-0.15, -0.1) is 0 Å². The Morgan fingerprint density at radius 3 is 2.96 bits per heavy atom. The van der Waals surface area contributed by atoms with E-state index in [1.807, 2.05) is 18.3 Å². The second-order valence-corrected chi connectivity index (χ2v) is 7.55. The molecule has 6 heteroatoms. The summed E-state index contributed by atoms with van der Waals surface area (Å²) in [4.78, 5) is 22.3. The second kappa shape index (κ2) is 7.57. The topological polar surface area (TPSA) is 73.6 Å². The van der Waals surface area contributed by atoms with E-state index in [-0.39, 0.29) is 5.56 Å². The van der Waals surface area contributed by atoms with Gasteiger partial charge in [0.15, 0.2) is 0 Å². The van der Waals surface area contributed by atoms with Crippen LogP contribution in [0.2, 0.25) is 0 Å². The van der Waals surface area contributed by atoms with Crippen molar-refractivity contribution in [2.75, 3.05) is 11.9 Å². The maximum absolute atomic E-state index is 11.8. The molecule has 0 aliphatic carbocycles. The van der Waals surface area contributed by atoms with Crippen LogP contribution in [-0.4, -0.2) is 26.7 Å². The average molecular weight is 342 g/mol. The zero-order valence-electron chi connectivity index (χ0n) is 13.9. The minimum atomic E-state index is -0.112. The van der Waals surface area contributed by atoms with E-state index in [0.29, 0.717) is 17.7 Å². The molecule has 2 aromatic heterocycles. The lowest BCUT2D eigenvalue weighted by atomic mass is 10.1. The van der Waals surface area contributed by atoms with Gasteiger partial charge < -0.3 is 10.3 Å². The molecule has 0 atom stereocenters. The molecule has 0 spiro atoms. The number of thioether (sulfide) groups is 1. The van der Waals surface area contributed by atoms with Crippen molar-refractivity contribution < 1.29 is 0 Å². The maximum atomic E-state index is 11.8. The number of hydrogen-bond donors (Lipinski definition) is 3. The van der Waals surface area contributed by atoms with Gasteiger partial charge in [-0.25, -0.2) is 4.98 Å². The molecule has 0 radical (unpaired) electrons. The first-order valence-electron chi connectivity index (χ1n) is 8.12. The molecule has 24 heavy (non-hydrogen) atoms. The smallest absolute Gasteiger partial charge is 0.252 e. The fourth-order valence-electron chi connectivity index (χ4n) is 2.57. The van der Waals surface area contributed by atoms with Crippen LogP contribution in [0.15, 0.2) is 41.3 Å². The number of hydrogen-bond acceptors (Lipinski definition) is 4. The number of aromatic amines is 2. The largest absolute Gasteiger partial charge is 0.361 e. The molecule has 0 saturated heterocycles. The summed E-state index contributed by atoms with van der Waals surface area (Å²) < 4.78 is 0. The van der Waals surface area contributed by atoms with Gasteiger partial charge in [-0.3, -0.25) is 9.78 Å². The number of H-pyrrole nitrogens is 2. The van der Waals surface area contributed by atoms with Crippen LogP contribution in [0.5, 0.6) is 0 Å². The van der Waals surface area contributed by atoms with Gasteiger partial charge >= 0.3 is 0 Å². The highest BCUT2D eigenvalue weighted by atomic mass is 32.2. The van der Waals surface area contributed by atoms with Gasteiger partial charge in [-0.2, -0.15) is 11.8 Å². The molecule has 0 fully saturated rings. The Morgan fingerprint density at radius 1 is 1.29 bits per heavy atom. The standard InChI is InChI=1S/C18H22N4OS/c1-12(2)24-11-14-9-17(23)22-18(21-14)19-8-7-13-10-20-16-6-4-3-5-15(13)16/h3-6,9-10,12,20H,7-8,11H2,1-2H3,(H2,19,21,22,23). The summed E-state index contributed by atoms with van der Waals surface area (Å²) in [5, 5.41) is 4.98. The lowest BCUT2D eigenvalue weighted by molar-refractivity contribution is 0.965. The predicted octanol–water partition coefficient (Wildman–Crippen LogP) is 3.55. The third-order valence-electron chi connectivity index (χ3n) is 3.72. The Morgan fingerprint density at radius 2 is 2.12 bits per heavy atom. The number of nitrogens with one attached hydrogen (secondary N) is 3. The van der Waals surface area contributed by atoms with Gasteiger partial charge in [-0.1, -0.05) is 32.0 Å². The Bertz CT molecular complexity index is 869. The van der Waals surface area contributed by atoms with E-state index in [0.717, 1.165) is 23.4 Å². The lowest BCUT2D eigenvalue weighted by Crippen LogP contribution is -2.15. The molecular weight excluding hydrogens is 320 g/mol. The number of fused-ring (bicyclic) bond motifs is 1. The highest BCUT2D eigenvalue weighted by Crippen LogP contribution is 2.18. The van der Waals surface area contributed by atoms with Crippen molar-refractivity contribution in [3.63, 3.8) is 0 Å². The Labute approximate surface area is 145 Å². The van der Waals surface area contributed by atoms with Crippen LogP contribution in [0.4, 0.5) is 5.95 Å².